The van der Waals surface area contributed by atoms with Crippen molar-refractivity contribution >= 4 is 6.41 Å². The average Bonchev–Trinajstić information content (AvgIpc) is 2.31. The number of carbonyl (C=O) groups is 1. The monoisotopic (exact) mass is 212 g/mol. The van der Waals surface area contributed by atoms with E-state index >= 15 is 0 Å². The lowest BCUT2D eigenvalue weighted by Crippen LogP contribution is -2.47. The molecule has 0 aromatic heterocycles. The summed E-state index contributed by atoms with van der Waals surface area (Å²) in [5, 5.41) is 0. The third-order valence-electron chi connectivity index (χ3n) is 3.23. The Kier molecular flexibility index (Phi) is 3.97. The van der Waals surface area contributed by atoms with Crippen molar-refractivity contribution in [2.24, 2.45) is 0 Å². The molecule has 1 unspecified atom stereocenters. The summed E-state index contributed by atoms with van der Waals surface area (Å²) < 4.78 is 5.67. The predicted octanol–water partition coefficient (Wildman–Crippen LogP) is 0.329. The molecule has 15 heavy (non-hydrogen) atoms. The van der Waals surface area contributed by atoms with Crippen LogP contribution in [0.4, 0.5) is 0 Å². The Bertz CT molecular complexity index is 205. The molecule has 2 saturated heterocycles. The van der Waals surface area contributed by atoms with E-state index in [2.05, 4.69) is 4.90 Å². The number of morpholine rings is 1. The summed E-state index contributed by atoms with van der Waals surface area (Å²) >= 11 is 0. The number of rotatable bonds is 3. The summed E-state index contributed by atoms with van der Waals surface area (Å²) in [5.41, 5.74) is 0. The van der Waals surface area contributed by atoms with Crippen molar-refractivity contribution in [3.8, 4) is 0 Å². The molecule has 2 heterocycles. The second-order valence-corrected chi connectivity index (χ2v) is 4.45. The number of hydrogen-bond acceptors (Lipinski definition) is 3. The fourth-order valence-electron chi connectivity index (χ4n) is 2.38. The van der Waals surface area contributed by atoms with Gasteiger partial charge in [-0.05, 0) is 25.9 Å². The van der Waals surface area contributed by atoms with Crippen LogP contribution in [0.2, 0.25) is 0 Å². The van der Waals surface area contributed by atoms with Crippen molar-refractivity contribution in [1.82, 2.24) is 9.80 Å². The lowest BCUT2D eigenvalue weighted by molar-refractivity contribution is -0.126. The van der Waals surface area contributed by atoms with Gasteiger partial charge >= 0.3 is 0 Å². The van der Waals surface area contributed by atoms with Gasteiger partial charge in [-0.15, -0.1) is 0 Å². The van der Waals surface area contributed by atoms with E-state index < -0.39 is 0 Å². The minimum Gasteiger partial charge on any atom is -0.373 e. The molecule has 86 valence electrons. The van der Waals surface area contributed by atoms with Crippen molar-refractivity contribution in [2.75, 3.05) is 39.3 Å². The maximum absolute atomic E-state index is 10.7. The van der Waals surface area contributed by atoms with Gasteiger partial charge in [-0.3, -0.25) is 4.79 Å². The van der Waals surface area contributed by atoms with E-state index in [0.717, 1.165) is 26.0 Å². The quantitative estimate of drug-likeness (QED) is 0.632. The van der Waals surface area contributed by atoms with Gasteiger partial charge in [0.1, 0.15) is 0 Å². The summed E-state index contributed by atoms with van der Waals surface area (Å²) in [6, 6.07) is 0. The molecule has 4 heteroatoms. The molecule has 0 radical (unpaired) electrons. The van der Waals surface area contributed by atoms with E-state index in [4.69, 9.17) is 4.74 Å². The van der Waals surface area contributed by atoms with Crippen molar-refractivity contribution in [1.29, 1.82) is 0 Å². The molecule has 1 amide bonds. The van der Waals surface area contributed by atoms with Crippen molar-refractivity contribution in [2.45, 2.75) is 25.4 Å². The molecule has 0 bridgehead atoms. The third kappa shape index (κ3) is 3.18. The Morgan fingerprint density at radius 3 is 2.73 bits per heavy atom. The topological polar surface area (TPSA) is 32.8 Å². The molecule has 0 spiro atoms. The zero-order valence-corrected chi connectivity index (χ0v) is 9.23. The lowest BCUT2D eigenvalue weighted by Gasteiger charge is -2.35. The molecule has 0 N–H and O–H groups in total. The Labute approximate surface area is 91.2 Å². The smallest absolute Gasteiger partial charge is 0.209 e. The van der Waals surface area contributed by atoms with Crippen LogP contribution in [0, 0.1) is 0 Å². The molecule has 1 atom stereocenters. The maximum atomic E-state index is 10.7. The van der Waals surface area contributed by atoms with E-state index in [9.17, 15) is 4.79 Å². The minimum absolute atomic E-state index is 0.224. The Morgan fingerprint density at radius 2 is 2.00 bits per heavy atom. The van der Waals surface area contributed by atoms with Crippen LogP contribution in [-0.4, -0.2) is 61.6 Å². The SMILES string of the molecule is O=CN1CCOC(CN2CCCCC2)C1. The minimum atomic E-state index is 0.224. The van der Waals surface area contributed by atoms with E-state index in [0.29, 0.717) is 6.61 Å². The summed E-state index contributed by atoms with van der Waals surface area (Å²) in [4.78, 5) is 14.9. The van der Waals surface area contributed by atoms with Gasteiger partial charge in [-0.25, -0.2) is 0 Å². The zero-order chi connectivity index (χ0) is 10.5. The molecule has 0 aromatic rings. The van der Waals surface area contributed by atoms with Crippen LogP contribution in [0.25, 0.3) is 0 Å². The number of hydrogen-bond donors (Lipinski definition) is 0. The molecule has 0 saturated carbocycles. The van der Waals surface area contributed by atoms with Gasteiger partial charge in [0.05, 0.1) is 12.7 Å². The van der Waals surface area contributed by atoms with Crippen LogP contribution >= 0.6 is 0 Å². The van der Waals surface area contributed by atoms with Crippen LogP contribution < -0.4 is 0 Å². The van der Waals surface area contributed by atoms with Crippen LogP contribution in [-0.2, 0) is 9.53 Å². The van der Waals surface area contributed by atoms with E-state index in [1.807, 2.05) is 4.90 Å². The highest BCUT2D eigenvalue weighted by Gasteiger charge is 2.22. The van der Waals surface area contributed by atoms with Gasteiger partial charge in [0.2, 0.25) is 6.41 Å². The molecule has 0 aliphatic carbocycles. The Balaban J connectivity index is 1.75. The van der Waals surface area contributed by atoms with Gasteiger partial charge in [-0.2, -0.15) is 0 Å². The molecule has 4 nitrogen and oxygen atoms in total. The van der Waals surface area contributed by atoms with Gasteiger partial charge in [0, 0.05) is 19.6 Å². The predicted molar refractivity (Wildman–Crippen MR) is 57.7 cm³/mol. The van der Waals surface area contributed by atoms with Crippen LogP contribution in [0.1, 0.15) is 19.3 Å². The fraction of sp³-hybridized carbons (Fsp3) is 0.909. The summed E-state index contributed by atoms with van der Waals surface area (Å²) in [6.07, 6.45) is 5.14. The summed E-state index contributed by atoms with van der Waals surface area (Å²) in [5.74, 6) is 0. The maximum Gasteiger partial charge on any atom is 0.209 e. The van der Waals surface area contributed by atoms with E-state index in [-0.39, 0.29) is 6.10 Å². The second-order valence-electron chi connectivity index (χ2n) is 4.45. The number of amides is 1. The average molecular weight is 212 g/mol. The first kappa shape index (κ1) is 10.9. The number of likely N-dealkylation sites (tertiary alicyclic amines) is 1. The molecule has 0 aromatic carbocycles. The van der Waals surface area contributed by atoms with Crippen molar-refractivity contribution < 1.29 is 9.53 Å². The standard InChI is InChI=1S/C11H20N2O2/c14-10-13-6-7-15-11(9-13)8-12-4-2-1-3-5-12/h10-11H,1-9H2. The van der Waals surface area contributed by atoms with Crippen LogP contribution in [0.15, 0.2) is 0 Å². The zero-order valence-electron chi connectivity index (χ0n) is 9.23. The summed E-state index contributed by atoms with van der Waals surface area (Å²) in [7, 11) is 0. The first-order valence-corrected chi connectivity index (χ1v) is 5.92. The highest BCUT2D eigenvalue weighted by Crippen LogP contribution is 2.11. The molecule has 2 aliphatic heterocycles. The van der Waals surface area contributed by atoms with Gasteiger partial charge in [0.15, 0.2) is 0 Å². The number of nitrogens with zero attached hydrogens (tertiary/aromatic N) is 2. The number of piperidine rings is 1. The van der Waals surface area contributed by atoms with E-state index in [1.54, 1.807) is 0 Å². The highest BCUT2D eigenvalue weighted by atomic mass is 16.5. The third-order valence-corrected chi connectivity index (χ3v) is 3.23. The lowest BCUT2D eigenvalue weighted by atomic mass is 10.1. The van der Waals surface area contributed by atoms with E-state index in [1.165, 1.54) is 32.4 Å². The first-order chi connectivity index (χ1) is 7.38. The molecular formula is C11H20N2O2. The Hall–Kier alpha value is -0.610. The van der Waals surface area contributed by atoms with Gasteiger partial charge in [-0.1, -0.05) is 6.42 Å². The first-order valence-electron chi connectivity index (χ1n) is 5.92. The van der Waals surface area contributed by atoms with Crippen LogP contribution in [0.5, 0.6) is 0 Å². The number of carbonyl (C=O) groups excluding carboxylic acids is 1. The highest BCUT2D eigenvalue weighted by molar-refractivity contribution is 5.47. The normalized spacial score (nSPS) is 29.1. The molecule has 2 fully saturated rings. The van der Waals surface area contributed by atoms with Crippen molar-refractivity contribution in [3.05, 3.63) is 0 Å². The van der Waals surface area contributed by atoms with Crippen LogP contribution in [0.3, 0.4) is 0 Å². The second kappa shape index (κ2) is 5.47. The van der Waals surface area contributed by atoms with Gasteiger partial charge in [0.25, 0.3) is 0 Å². The fourth-order valence-corrected chi connectivity index (χ4v) is 2.38. The molecule has 2 rings (SSSR count). The largest absolute Gasteiger partial charge is 0.373 e. The molecular weight excluding hydrogens is 192 g/mol. The number of ether oxygens (including phenoxy) is 1. The molecule has 2 aliphatic rings. The Morgan fingerprint density at radius 1 is 1.20 bits per heavy atom. The van der Waals surface area contributed by atoms with Gasteiger partial charge < -0.3 is 14.5 Å². The summed E-state index contributed by atoms with van der Waals surface area (Å²) in [6.45, 7) is 5.59. The van der Waals surface area contributed by atoms with Crippen molar-refractivity contribution in [3.63, 3.8) is 0 Å².